The third kappa shape index (κ3) is 1.74. The molecule has 0 amide bonds. The van der Waals surface area contributed by atoms with Gasteiger partial charge in [0.15, 0.2) is 0 Å². The van der Waals surface area contributed by atoms with Gasteiger partial charge in [-0.15, -0.1) is 0 Å². The summed E-state index contributed by atoms with van der Waals surface area (Å²) in [4.78, 5) is 0. The Morgan fingerprint density at radius 3 is 3.21 bits per heavy atom. The zero-order valence-electron chi connectivity index (χ0n) is 8.32. The Labute approximate surface area is 83.8 Å². The SMILES string of the molecule is CCOc1ccc2c(c1)COC[C@H]2N. The molecule has 0 spiro atoms. The highest BCUT2D eigenvalue weighted by atomic mass is 16.5. The molecule has 1 aromatic rings. The minimum absolute atomic E-state index is 0.00873. The van der Waals surface area contributed by atoms with Crippen LogP contribution in [0.4, 0.5) is 0 Å². The molecule has 0 aromatic heterocycles. The molecule has 1 heterocycles. The molecule has 0 aliphatic carbocycles. The summed E-state index contributed by atoms with van der Waals surface area (Å²) in [7, 11) is 0. The van der Waals surface area contributed by atoms with E-state index in [1.807, 2.05) is 25.1 Å². The van der Waals surface area contributed by atoms with Gasteiger partial charge in [-0.25, -0.2) is 0 Å². The van der Waals surface area contributed by atoms with Crippen molar-refractivity contribution in [1.82, 2.24) is 0 Å². The van der Waals surface area contributed by atoms with Gasteiger partial charge in [0.05, 0.1) is 25.9 Å². The van der Waals surface area contributed by atoms with E-state index < -0.39 is 0 Å². The number of fused-ring (bicyclic) bond motifs is 1. The number of hydrogen-bond acceptors (Lipinski definition) is 3. The molecule has 2 rings (SSSR count). The predicted octanol–water partition coefficient (Wildman–Crippen LogP) is 1.62. The van der Waals surface area contributed by atoms with Crippen molar-refractivity contribution in [3.05, 3.63) is 29.3 Å². The quantitative estimate of drug-likeness (QED) is 0.776. The summed E-state index contributed by atoms with van der Waals surface area (Å²) < 4.78 is 10.8. The molecule has 1 aliphatic rings. The van der Waals surface area contributed by atoms with Crippen LogP contribution in [0.3, 0.4) is 0 Å². The van der Waals surface area contributed by atoms with Gasteiger partial charge in [-0.05, 0) is 30.2 Å². The molecule has 1 aromatic carbocycles. The second-order valence-electron chi connectivity index (χ2n) is 3.42. The molecule has 0 radical (unpaired) electrons. The molecule has 2 N–H and O–H groups in total. The van der Waals surface area contributed by atoms with Gasteiger partial charge in [0.1, 0.15) is 5.75 Å². The molecular formula is C11H15NO2. The van der Waals surface area contributed by atoms with Crippen LogP contribution >= 0.6 is 0 Å². The zero-order chi connectivity index (χ0) is 9.97. The molecule has 3 nitrogen and oxygen atoms in total. The smallest absolute Gasteiger partial charge is 0.119 e. The first-order valence-corrected chi connectivity index (χ1v) is 4.90. The number of rotatable bonds is 2. The van der Waals surface area contributed by atoms with Gasteiger partial charge >= 0.3 is 0 Å². The maximum atomic E-state index is 5.90. The third-order valence-corrected chi connectivity index (χ3v) is 2.38. The van der Waals surface area contributed by atoms with Crippen molar-refractivity contribution < 1.29 is 9.47 Å². The van der Waals surface area contributed by atoms with Crippen molar-refractivity contribution in [2.24, 2.45) is 5.73 Å². The fourth-order valence-electron chi connectivity index (χ4n) is 1.71. The summed E-state index contributed by atoms with van der Waals surface area (Å²) in [6.07, 6.45) is 0. The number of nitrogens with two attached hydrogens (primary N) is 1. The van der Waals surface area contributed by atoms with E-state index >= 15 is 0 Å². The van der Waals surface area contributed by atoms with Crippen molar-refractivity contribution in [1.29, 1.82) is 0 Å². The maximum Gasteiger partial charge on any atom is 0.119 e. The molecule has 1 aliphatic heterocycles. The summed E-state index contributed by atoms with van der Waals surface area (Å²) in [6.45, 7) is 3.91. The molecule has 1 atom stereocenters. The number of hydrogen-bond donors (Lipinski definition) is 1. The third-order valence-electron chi connectivity index (χ3n) is 2.38. The molecular weight excluding hydrogens is 178 g/mol. The Kier molecular flexibility index (Phi) is 2.70. The monoisotopic (exact) mass is 193 g/mol. The predicted molar refractivity (Wildman–Crippen MR) is 54.2 cm³/mol. The van der Waals surface area contributed by atoms with E-state index in [2.05, 4.69) is 0 Å². The Hall–Kier alpha value is -1.06. The summed E-state index contributed by atoms with van der Waals surface area (Å²) >= 11 is 0. The van der Waals surface area contributed by atoms with Crippen LogP contribution in [-0.4, -0.2) is 13.2 Å². The van der Waals surface area contributed by atoms with E-state index in [1.165, 1.54) is 5.56 Å². The Morgan fingerprint density at radius 1 is 1.57 bits per heavy atom. The van der Waals surface area contributed by atoms with Crippen molar-refractivity contribution in [2.75, 3.05) is 13.2 Å². The van der Waals surface area contributed by atoms with Gasteiger partial charge in [0.25, 0.3) is 0 Å². The highest BCUT2D eigenvalue weighted by Gasteiger charge is 2.17. The zero-order valence-corrected chi connectivity index (χ0v) is 8.32. The van der Waals surface area contributed by atoms with Crippen LogP contribution < -0.4 is 10.5 Å². The molecule has 3 heteroatoms. The molecule has 0 saturated heterocycles. The normalized spacial score (nSPS) is 20.3. The van der Waals surface area contributed by atoms with Crippen LogP contribution in [0, 0.1) is 0 Å². The van der Waals surface area contributed by atoms with E-state index in [-0.39, 0.29) is 6.04 Å². The highest BCUT2D eigenvalue weighted by molar-refractivity contribution is 5.38. The Morgan fingerprint density at radius 2 is 2.43 bits per heavy atom. The standard InChI is InChI=1S/C11H15NO2/c1-2-14-9-3-4-10-8(5-9)6-13-7-11(10)12/h3-5,11H,2,6-7,12H2,1H3/t11-/m1/s1. The topological polar surface area (TPSA) is 44.5 Å². The molecule has 76 valence electrons. The first kappa shape index (κ1) is 9.49. The fourth-order valence-corrected chi connectivity index (χ4v) is 1.71. The number of benzene rings is 1. The largest absolute Gasteiger partial charge is 0.494 e. The van der Waals surface area contributed by atoms with Crippen LogP contribution in [0.15, 0.2) is 18.2 Å². The minimum atomic E-state index is 0.00873. The summed E-state index contributed by atoms with van der Waals surface area (Å²) in [5.41, 5.74) is 8.23. The average Bonchev–Trinajstić information content (AvgIpc) is 2.18. The van der Waals surface area contributed by atoms with Crippen LogP contribution in [0.25, 0.3) is 0 Å². The van der Waals surface area contributed by atoms with Crippen molar-refractivity contribution in [3.8, 4) is 5.75 Å². The summed E-state index contributed by atoms with van der Waals surface area (Å²) in [6, 6.07) is 6.02. The molecule has 0 saturated carbocycles. The van der Waals surface area contributed by atoms with Crippen LogP contribution in [0.5, 0.6) is 5.75 Å². The van der Waals surface area contributed by atoms with Gasteiger partial charge in [-0.3, -0.25) is 0 Å². The van der Waals surface area contributed by atoms with Crippen molar-refractivity contribution >= 4 is 0 Å². The van der Waals surface area contributed by atoms with Crippen molar-refractivity contribution in [2.45, 2.75) is 19.6 Å². The molecule has 0 unspecified atom stereocenters. The van der Waals surface area contributed by atoms with Crippen molar-refractivity contribution in [3.63, 3.8) is 0 Å². The lowest BCUT2D eigenvalue weighted by Crippen LogP contribution is -2.23. The van der Waals surface area contributed by atoms with E-state index in [0.717, 1.165) is 11.3 Å². The lowest BCUT2D eigenvalue weighted by molar-refractivity contribution is 0.0921. The van der Waals surface area contributed by atoms with Gasteiger partial charge in [-0.1, -0.05) is 6.07 Å². The lowest BCUT2D eigenvalue weighted by Gasteiger charge is -2.22. The van der Waals surface area contributed by atoms with Crippen LogP contribution in [0.2, 0.25) is 0 Å². The van der Waals surface area contributed by atoms with E-state index in [9.17, 15) is 0 Å². The van der Waals surface area contributed by atoms with Gasteiger partial charge in [0, 0.05) is 0 Å². The Balaban J connectivity index is 2.29. The first-order valence-electron chi connectivity index (χ1n) is 4.90. The molecule has 0 fully saturated rings. The second-order valence-corrected chi connectivity index (χ2v) is 3.42. The van der Waals surface area contributed by atoms with E-state index in [1.54, 1.807) is 0 Å². The lowest BCUT2D eigenvalue weighted by atomic mass is 9.99. The van der Waals surface area contributed by atoms with E-state index in [0.29, 0.717) is 19.8 Å². The first-order chi connectivity index (χ1) is 6.81. The highest BCUT2D eigenvalue weighted by Crippen LogP contribution is 2.26. The maximum absolute atomic E-state index is 5.90. The fraction of sp³-hybridized carbons (Fsp3) is 0.455. The summed E-state index contributed by atoms with van der Waals surface area (Å²) in [5.74, 6) is 0.893. The average molecular weight is 193 g/mol. The van der Waals surface area contributed by atoms with Crippen LogP contribution in [-0.2, 0) is 11.3 Å². The Bertz CT molecular complexity index is 325. The van der Waals surface area contributed by atoms with Gasteiger partial charge in [0.2, 0.25) is 0 Å². The minimum Gasteiger partial charge on any atom is -0.494 e. The van der Waals surface area contributed by atoms with Gasteiger partial charge in [-0.2, -0.15) is 0 Å². The van der Waals surface area contributed by atoms with Gasteiger partial charge < -0.3 is 15.2 Å². The summed E-state index contributed by atoms with van der Waals surface area (Å²) in [5, 5.41) is 0. The van der Waals surface area contributed by atoms with E-state index in [4.69, 9.17) is 15.2 Å². The van der Waals surface area contributed by atoms with Crippen LogP contribution in [0.1, 0.15) is 24.1 Å². The second kappa shape index (κ2) is 3.98. The molecule has 14 heavy (non-hydrogen) atoms. The molecule has 0 bridgehead atoms. The number of ether oxygens (including phenoxy) is 2.